The SMILES string of the molecule is Cc1ccc(OB(O)Oc2ccc(COCc3ccccc3)cc2)cc1Cl. The Hall–Kier alpha value is -2.47. The summed E-state index contributed by atoms with van der Waals surface area (Å²) in [6, 6.07) is 22.5. The summed E-state index contributed by atoms with van der Waals surface area (Å²) >= 11 is 6.04. The summed E-state index contributed by atoms with van der Waals surface area (Å²) < 4.78 is 16.4. The Morgan fingerprint density at radius 3 is 2.07 bits per heavy atom. The third-order valence-corrected chi connectivity index (χ3v) is 4.33. The maximum Gasteiger partial charge on any atom is 0.785 e. The van der Waals surface area contributed by atoms with Crippen molar-refractivity contribution in [2.75, 3.05) is 0 Å². The first-order chi connectivity index (χ1) is 13.1. The summed E-state index contributed by atoms with van der Waals surface area (Å²) in [4.78, 5) is 0. The van der Waals surface area contributed by atoms with Crippen LogP contribution in [0.3, 0.4) is 0 Å². The molecule has 0 spiro atoms. The van der Waals surface area contributed by atoms with Crippen LogP contribution in [0.15, 0.2) is 72.8 Å². The van der Waals surface area contributed by atoms with Gasteiger partial charge in [0, 0.05) is 5.02 Å². The zero-order valence-electron chi connectivity index (χ0n) is 15.0. The number of hydrogen-bond donors (Lipinski definition) is 1. The third kappa shape index (κ3) is 6.03. The van der Waals surface area contributed by atoms with E-state index >= 15 is 0 Å². The summed E-state index contributed by atoms with van der Waals surface area (Å²) in [5.41, 5.74) is 3.08. The number of ether oxygens (including phenoxy) is 1. The number of halogens is 1. The normalized spacial score (nSPS) is 10.5. The van der Waals surface area contributed by atoms with Crippen molar-refractivity contribution >= 4 is 18.9 Å². The van der Waals surface area contributed by atoms with E-state index in [1.54, 1.807) is 24.3 Å². The summed E-state index contributed by atoms with van der Waals surface area (Å²) in [5, 5.41) is 10.5. The van der Waals surface area contributed by atoms with E-state index in [1.165, 1.54) is 0 Å². The van der Waals surface area contributed by atoms with Gasteiger partial charge in [-0.2, -0.15) is 0 Å². The molecular weight excluding hydrogens is 362 g/mol. The molecule has 3 aromatic carbocycles. The Labute approximate surface area is 164 Å². The lowest BCUT2D eigenvalue weighted by Gasteiger charge is -2.12. The Bertz CT molecular complexity index is 856. The minimum atomic E-state index is -1.43. The van der Waals surface area contributed by atoms with Gasteiger partial charge in [-0.05, 0) is 47.9 Å². The van der Waals surface area contributed by atoms with Gasteiger partial charge in [0.15, 0.2) is 0 Å². The zero-order valence-corrected chi connectivity index (χ0v) is 15.7. The zero-order chi connectivity index (χ0) is 19.1. The summed E-state index contributed by atoms with van der Waals surface area (Å²) in [6.07, 6.45) is 0. The van der Waals surface area contributed by atoms with Crippen LogP contribution in [0.4, 0.5) is 0 Å². The van der Waals surface area contributed by atoms with Gasteiger partial charge in [-0.25, -0.2) is 0 Å². The highest BCUT2D eigenvalue weighted by Crippen LogP contribution is 2.22. The Morgan fingerprint density at radius 2 is 1.41 bits per heavy atom. The molecule has 0 heterocycles. The van der Waals surface area contributed by atoms with Crippen LogP contribution in [0.25, 0.3) is 0 Å². The molecule has 0 amide bonds. The topological polar surface area (TPSA) is 47.9 Å². The fraction of sp³-hybridized carbons (Fsp3) is 0.143. The van der Waals surface area contributed by atoms with Crippen LogP contribution in [0, 0.1) is 6.92 Å². The van der Waals surface area contributed by atoms with E-state index in [0.29, 0.717) is 29.7 Å². The van der Waals surface area contributed by atoms with Crippen molar-refractivity contribution in [3.05, 3.63) is 94.5 Å². The molecule has 4 nitrogen and oxygen atoms in total. The average Bonchev–Trinajstić information content (AvgIpc) is 2.67. The number of aryl methyl sites for hydroxylation is 1. The molecule has 0 atom stereocenters. The first-order valence-electron chi connectivity index (χ1n) is 8.58. The number of rotatable bonds is 8. The molecule has 0 bridgehead atoms. The smallest absolute Gasteiger partial charge is 0.501 e. The van der Waals surface area contributed by atoms with Crippen LogP contribution >= 0.6 is 11.6 Å². The summed E-state index contributed by atoms with van der Waals surface area (Å²) in [5.74, 6) is 0.927. The van der Waals surface area contributed by atoms with Crippen molar-refractivity contribution in [3.63, 3.8) is 0 Å². The standard InChI is InChI=1S/C21H20BClO4/c1-16-7-10-20(13-21(16)23)27-22(24)26-19-11-8-18(9-12-19)15-25-14-17-5-3-2-4-6-17/h2-13,24H,14-15H2,1H3. The van der Waals surface area contributed by atoms with E-state index in [9.17, 15) is 5.02 Å². The van der Waals surface area contributed by atoms with Crippen molar-refractivity contribution < 1.29 is 19.1 Å². The molecule has 0 radical (unpaired) electrons. The molecule has 0 aliphatic rings. The molecule has 1 N–H and O–H groups in total. The maximum absolute atomic E-state index is 9.94. The maximum atomic E-state index is 9.94. The van der Waals surface area contributed by atoms with Gasteiger partial charge >= 0.3 is 7.32 Å². The summed E-state index contributed by atoms with van der Waals surface area (Å²) in [7, 11) is -1.43. The van der Waals surface area contributed by atoms with E-state index in [1.807, 2.05) is 55.5 Å². The predicted octanol–water partition coefficient (Wildman–Crippen LogP) is 4.80. The van der Waals surface area contributed by atoms with Crippen LogP contribution < -0.4 is 9.31 Å². The third-order valence-electron chi connectivity index (χ3n) is 3.92. The van der Waals surface area contributed by atoms with Crippen LogP contribution in [0.1, 0.15) is 16.7 Å². The second-order valence-corrected chi connectivity index (χ2v) is 6.48. The average molecular weight is 383 g/mol. The fourth-order valence-electron chi connectivity index (χ4n) is 2.43. The molecule has 0 aliphatic heterocycles. The van der Waals surface area contributed by atoms with E-state index in [-0.39, 0.29) is 0 Å². The largest absolute Gasteiger partial charge is 0.785 e. The lowest BCUT2D eigenvalue weighted by molar-refractivity contribution is 0.107. The van der Waals surface area contributed by atoms with Crippen molar-refractivity contribution in [1.29, 1.82) is 0 Å². The lowest BCUT2D eigenvalue weighted by Crippen LogP contribution is -2.29. The molecular formula is C21H20BClO4. The molecule has 0 aliphatic carbocycles. The highest BCUT2D eigenvalue weighted by molar-refractivity contribution is 6.37. The molecule has 3 rings (SSSR count). The minimum absolute atomic E-state index is 0.434. The molecule has 27 heavy (non-hydrogen) atoms. The van der Waals surface area contributed by atoms with Crippen LogP contribution in [0.2, 0.25) is 5.02 Å². The molecule has 0 unspecified atom stereocenters. The monoisotopic (exact) mass is 382 g/mol. The van der Waals surface area contributed by atoms with Gasteiger partial charge in [-0.15, -0.1) is 0 Å². The number of benzene rings is 3. The van der Waals surface area contributed by atoms with Gasteiger partial charge in [0.25, 0.3) is 0 Å². The van der Waals surface area contributed by atoms with Gasteiger partial charge in [-0.3, -0.25) is 0 Å². The Morgan fingerprint density at radius 1 is 0.815 bits per heavy atom. The first kappa shape index (κ1) is 19.3. The van der Waals surface area contributed by atoms with Gasteiger partial charge in [0.05, 0.1) is 13.2 Å². The highest BCUT2D eigenvalue weighted by atomic mass is 35.5. The fourth-order valence-corrected chi connectivity index (χ4v) is 2.60. The summed E-state index contributed by atoms with van der Waals surface area (Å²) in [6.45, 7) is 2.95. The Balaban J connectivity index is 1.47. The van der Waals surface area contributed by atoms with Crippen molar-refractivity contribution in [3.8, 4) is 11.5 Å². The van der Waals surface area contributed by atoms with Crippen LogP contribution in [-0.2, 0) is 18.0 Å². The predicted molar refractivity (Wildman–Crippen MR) is 107 cm³/mol. The number of hydrogen-bond acceptors (Lipinski definition) is 4. The second kappa shape index (κ2) is 9.46. The molecule has 6 heteroatoms. The minimum Gasteiger partial charge on any atom is -0.501 e. The Kier molecular flexibility index (Phi) is 6.77. The lowest BCUT2D eigenvalue weighted by atomic mass is 10.2. The second-order valence-electron chi connectivity index (χ2n) is 6.08. The molecule has 0 aromatic heterocycles. The van der Waals surface area contributed by atoms with Gasteiger partial charge < -0.3 is 19.1 Å². The van der Waals surface area contributed by atoms with Crippen molar-refractivity contribution in [2.45, 2.75) is 20.1 Å². The van der Waals surface area contributed by atoms with Gasteiger partial charge in [0.2, 0.25) is 0 Å². The molecule has 0 fully saturated rings. The van der Waals surface area contributed by atoms with Gasteiger partial charge in [0.1, 0.15) is 11.5 Å². The molecule has 0 saturated heterocycles. The quantitative estimate of drug-likeness (QED) is 0.569. The molecule has 138 valence electrons. The van der Waals surface area contributed by atoms with Crippen LogP contribution in [-0.4, -0.2) is 12.3 Å². The highest BCUT2D eigenvalue weighted by Gasteiger charge is 2.21. The van der Waals surface area contributed by atoms with Gasteiger partial charge in [-0.1, -0.05) is 60.1 Å². The van der Waals surface area contributed by atoms with Crippen molar-refractivity contribution in [2.24, 2.45) is 0 Å². The van der Waals surface area contributed by atoms with E-state index < -0.39 is 7.32 Å². The van der Waals surface area contributed by atoms with Crippen LogP contribution in [0.5, 0.6) is 11.5 Å². The van der Waals surface area contributed by atoms with E-state index in [4.69, 9.17) is 25.6 Å². The molecule has 0 saturated carbocycles. The van der Waals surface area contributed by atoms with E-state index in [0.717, 1.165) is 16.7 Å². The molecule has 3 aromatic rings. The van der Waals surface area contributed by atoms with Crippen molar-refractivity contribution in [1.82, 2.24) is 0 Å². The van der Waals surface area contributed by atoms with E-state index in [2.05, 4.69) is 0 Å². The first-order valence-corrected chi connectivity index (χ1v) is 8.96.